The van der Waals surface area contributed by atoms with E-state index in [4.69, 9.17) is 0 Å². The van der Waals surface area contributed by atoms with Crippen molar-refractivity contribution in [1.82, 2.24) is 0 Å². The van der Waals surface area contributed by atoms with Gasteiger partial charge in [-0.3, -0.25) is 4.79 Å². The van der Waals surface area contributed by atoms with Crippen molar-refractivity contribution in [2.75, 3.05) is 6.54 Å². The summed E-state index contributed by atoms with van der Waals surface area (Å²) in [5.41, 5.74) is 4.72. The van der Waals surface area contributed by atoms with Crippen LogP contribution in [0.4, 0.5) is 0 Å². The van der Waals surface area contributed by atoms with Crippen LogP contribution in [0.5, 0.6) is 0 Å². The SMILES string of the molecule is CCC1C(=O)C2C3CCC(C(C)CC[NH3+])C3(C)CCC2C2(C)CCC(O)CC12. The molecule has 0 saturated heterocycles. The predicted octanol–water partition coefficient (Wildman–Crippen LogP) is 4.09. The Hall–Kier alpha value is -0.410. The maximum Gasteiger partial charge on any atom is 0.139 e. The zero-order valence-electron chi connectivity index (χ0n) is 18.8. The predicted molar refractivity (Wildman–Crippen MR) is 112 cm³/mol. The van der Waals surface area contributed by atoms with Crippen molar-refractivity contribution in [2.24, 2.45) is 52.3 Å². The van der Waals surface area contributed by atoms with Gasteiger partial charge in [0.05, 0.1) is 12.6 Å². The van der Waals surface area contributed by atoms with Gasteiger partial charge in [-0.2, -0.15) is 0 Å². The monoisotopic (exact) mass is 390 g/mol. The molecule has 0 aromatic carbocycles. The first-order valence-corrected chi connectivity index (χ1v) is 12.3. The van der Waals surface area contributed by atoms with E-state index in [0.717, 1.165) is 44.1 Å². The number of carbonyl (C=O) groups is 1. The largest absolute Gasteiger partial charge is 0.393 e. The van der Waals surface area contributed by atoms with Crippen LogP contribution >= 0.6 is 0 Å². The number of hydrogen-bond donors (Lipinski definition) is 2. The van der Waals surface area contributed by atoms with Crippen LogP contribution in [0.25, 0.3) is 0 Å². The molecule has 0 heterocycles. The summed E-state index contributed by atoms with van der Waals surface area (Å²) in [6, 6.07) is 0. The Morgan fingerprint density at radius 2 is 1.75 bits per heavy atom. The normalized spacial score (nSPS) is 51.9. The molecule has 4 rings (SSSR count). The van der Waals surface area contributed by atoms with Crippen molar-refractivity contribution in [3.63, 3.8) is 0 Å². The van der Waals surface area contributed by atoms with Crippen LogP contribution in [0, 0.1) is 52.3 Å². The number of Topliss-reactive ketones (excluding diaryl/α,β-unsaturated/α-hetero) is 1. The van der Waals surface area contributed by atoms with Gasteiger partial charge >= 0.3 is 0 Å². The number of rotatable bonds is 4. The highest BCUT2D eigenvalue weighted by atomic mass is 16.3. The fraction of sp³-hybridized carbons (Fsp3) is 0.960. The van der Waals surface area contributed by atoms with Crippen LogP contribution in [0.2, 0.25) is 0 Å². The Morgan fingerprint density at radius 1 is 1.07 bits per heavy atom. The van der Waals surface area contributed by atoms with Gasteiger partial charge in [-0.25, -0.2) is 0 Å². The number of aliphatic hydroxyl groups is 1. The number of quaternary nitrogens is 1. The first-order chi connectivity index (χ1) is 13.3. The maximum absolute atomic E-state index is 13.9. The van der Waals surface area contributed by atoms with Crippen molar-refractivity contribution in [2.45, 2.75) is 91.6 Å². The van der Waals surface area contributed by atoms with Crippen molar-refractivity contribution in [3.05, 3.63) is 0 Å². The lowest BCUT2D eigenvalue weighted by atomic mass is 9.42. The Balaban J connectivity index is 1.68. The molecular weight excluding hydrogens is 346 g/mol. The van der Waals surface area contributed by atoms with E-state index in [1.54, 1.807) is 0 Å². The van der Waals surface area contributed by atoms with Gasteiger partial charge in [0.2, 0.25) is 0 Å². The Morgan fingerprint density at radius 3 is 2.43 bits per heavy atom. The molecule has 10 unspecified atom stereocenters. The Kier molecular flexibility index (Phi) is 5.49. The number of carbonyl (C=O) groups excluding carboxylic acids is 1. The topological polar surface area (TPSA) is 64.9 Å². The summed E-state index contributed by atoms with van der Waals surface area (Å²) < 4.78 is 0. The number of fused-ring (bicyclic) bond motifs is 5. The van der Waals surface area contributed by atoms with E-state index in [2.05, 4.69) is 33.4 Å². The molecule has 28 heavy (non-hydrogen) atoms. The molecule has 3 heteroatoms. The molecule has 10 atom stereocenters. The summed E-state index contributed by atoms with van der Waals surface area (Å²) in [7, 11) is 0. The lowest BCUT2D eigenvalue weighted by Crippen LogP contribution is -2.60. The van der Waals surface area contributed by atoms with E-state index in [9.17, 15) is 9.90 Å². The Bertz CT molecular complexity index is 605. The smallest absolute Gasteiger partial charge is 0.139 e. The van der Waals surface area contributed by atoms with Gasteiger partial charge < -0.3 is 10.8 Å². The zero-order chi connectivity index (χ0) is 20.3. The van der Waals surface area contributed by atoms with Gasteiger partial charge in [-0.05, 0) is 98.2 Å². The summed E-state index contributed by atoms with van der Waals surface area (Å²) in [6.07, 6.45) is 10.0. The van der Waals surface area contributed by atoms with Crippen LogP contribution in [-0.2, 0) is 4.79 Å². The molecule has 0 aliphatic heterocycles. The van der Waals surface area contributed by atoms with E-state index < -0.39 is 0 Å². The maximum atomic E-state index is 13.9. The van der Waals surface area contributed by atoms with Gasteiger partial charge in [0.25, 0.3) is 0 Å². The number of ketones is 1. The van der Waals surface area contributed by atoms with Crippen LogP contribution in [0.3, 0.4) is 0 Å². The third-order valence-electron chi connectivity index (χ3n) is 10.5. The second-order valence-corrected chi connectivity index (χ2v) is 11.5. The van der Waals surface area contributed by atoms with Crippen molar-refractivity contribution in [1.29, 1.82) is 0 Å². The van der Waals surface area contributed by atoms with E-state index in [1.165, 1.54) is 32.1 Å². The third kappa shape index (κ3) is 2.86. The highest BCUT2D eigenvalue weighted by Gasteiger charge is 2.64. The summed E-state index contributed by atoms with van der Waals surface area (Å²) in [5.74, 6) is 4.11. The molecule has 0 bridgehead atoms. The van der Waals surface area contributed by atoms with Crippen molar-refractivity contribution < 1.29 is 15.6 Å². The fourth-order valence-electron chi connectivity index (χ4n) is 9.13. The fourth-order valence-corrected chi connectivity index (χ4v) is 9.13. The van der Waals surface area contributed by atoms with Crippen molar-refractivity contribution >= 4 is 5.78 Å². The molecule has 0 aromatic heterocycles. The molecule has 4 aliphatic carbocycles. The molecule has 0 spiro atoms. The summed E-state index contributed by atoms with van der Waals surface area (Å²) in [4.78, 5) is 13.9. The summed E-state index contributed by atoms with van der Waals surface area (Å²) in [6.45, 7) is 10.7. The highest BCUT2D eigenvalue weighted by molar-refractivity contribution is 5.86. The molecule has 0 amide bonds. The van der Waals surface area contributed by atoms with Gasteiger partial charge in [-0.1, -0.05) is 27.7 Å². The molecular formula is C25H44NO2+. The highest BCUT2D eigenvalue weighted by Crippen LogP contribution is 2.68. The minimum atomic E-state index is -0.190. The zero-order valence-corrected chi connectivity index (χ0v) is 18.8. The lowest BCUT2D eigenvalue weighted by Gasteiger charge is -2.62. The van der Waals surface area contributed by atoms with Gasteiger partial charge in [0.1, 0.15) is 5.78 Å². The van der Waals surface area contributed by atoms with E-state index >= 15 is 0 Å². The number of hydrogen-bond acceptors (Lipinski definition) is 2. The van der Waals surface area contributed by atoms with Gasteiger partial charge in [0, 0.05) is 11.8 Å². The van der Waals surface area contributed by atoms with Crippen LogP contribution in [0.1, 0.15) is 85.5 Å². The molecule has 4 aliphatic rings. The van der Waals surface area contributed by atoms with Crippen LogP contribution in [-0.4, -0.2) is 23.5 Å². The molecule has 160 valence electrons. The first-order valence-electron chi connectivity index (χ1n) is 12.3. The van der Waals surface area contributed by atoms with E-state index in [0.29, 0.717) is 29.0 Å². The summed E-state index contributed by atoms with van der Waals surface area (Å²) in [5, 5.41) is 10.4. The second kappa shape index (κ2) is 7.38. The Labute approximate surface area is 172 Å². The third-order valence-corrected chi connectivity index (χ3v) is 10.5. The van der Waals surface area contributed by atoms with Gasteiger partial charge in [0.15, 0.2) is 0 Å². The van der Waals surface area contributed by atoms with Gasteiger partial charge in [-0.15, -0.1) is 0 Å². The standard InChI is InChI=1S/C25H43NO2/c1-5-17-21-14-16(27)8-11-25(21,4)20-9-12-24(3)18(15(2)10-13-26)6-7-19(24)22(20)23(17)28/h15-22,27H,5-14,26H2,1-4H3/p+1. The first kappa shape index (κ1) is 20.8. The van der Waals surface area contributed by atoms with Crippen molar-refractivity contribution in [3.8, 4) is 0 Å². The molecule has 4 fully saturated rings. The molecule has 0 aromatic rings. The second-order valence-electron chi connectivity index (χ2n) is 11.5. The minimum Gasteiger partial charge on any atom is -0.393 e. The molecule has 4 N–H and O–H groups in total. The average Bonchev–Trinajstić information content (AvgIpc) is 3.01. The minimum absolute atomic E-state index is 0.180. The molecule has 0 radical (unpaired) electrons. The average molecular weight is 391 g/mol. The lowest BCUT2D eigenvalue weighted by molar-refractivity contribution is -0.370. The molecule has 4 saturated carbocycles. The quantitative estimate of drug-likeness (QED) is 0.759. The summed E-state index contributed by atoms with van der Waals surface area (Å²) >= 11 is 0. The molecule has 3 nitrogen and oxygen atoms in total. The van der Waals surface area contributed by atoms with Crippen LogP contribution < -0.4 is 5.73 Å². The van der Waals surface area contributed by atoms with E-state index in [-0.39, 0.29) is 23.4 Å². The number of aliphatic hydroxyl groups excluding tert-OH is 1. The van der Waals surface area contributed by atoms with E-state index in [1.807, 2.05) is 0 Å². The van der Waals surface area contributed by atoms with Crippen LogP contribution in [0.15, 0.2) is 0 Å².